The van der Waals surface area contributed by atoms with Gasteiger partial charge in [0.2, 0.25) is 8.38 Å². The third-order valence-electron chi connectivity index (χ3n) is 2.70. The first-order valence-electron chi connectivity index (χ1n) is 5.11. The van der Waals surface area contributed by atoms with Crippen molar-refractivity contribution in [2.45, 2.75) is 11.6 Å². The Labute approximate surface area is 109 Å². The van der Waals surface area contributed by atoms with Crippen molar-refractivity contribution in [3.8, 4) is 0 Å². The van der Waals surface area contributed by atoms with E-state index >= 15 is 0 Å². The fourth-order valence-corrected chi connectivity index (χ4v) is 3.18. The number of nitrogens with zero attached hydrogens (tertiary/aromatic N) is 2. The van der Waals surface area contributed by atoms with Crippen LogP contribution in [0.15, 0.2) is 30.6 Å². The summed E-state index contributed by atoms with van der Waals surface area (Å²) in [5, 5.41) is 6.95. The number of aliphatic hydroxyl groups is 1. The van der Waals surface area contributed by atoms with E-state index in [1.54, 1.807) is 24.3 Å². The standard InChI is InChI=1S/C9H12N2O6P2/c12-9(18(13)14,19(15,16)17)5-11-6-10-7-3-1-2-4-8(7)11/h1-4,6,12-14H,5H2,(H2,15,16,17). The molecule has 0 fully saturated rings. The van der Waals surface area contributed by atoms with Crippen LogP contribution in [0.4, 0.5) is 0 Å². The Balaban J connectivity index is 2.46. The van der Waals surface area contributed by atoms with Crippen molar-refractivity contribution in [3.63, 3.8) is 0 Å². The van der Waals surface area contributed by atoms with E-state index in [9.17, 15) is 9.67 Å². The maximum atomic E-state index is 11.3. The highest BCUT2D eigenvalue weighted by Crippen LogP contribution is 2.63. The van der Waals surface area contributed by atoms with E-state index in [1.807, 2.05) is 0 Å². The van der Waals surface area contributed by atoms with Crippen molar-refractivity contribution in [1.82, 2.24) is 9.55 Å². The third kappa shape index (κ3) is 2.57. The van der Waals surface area contributed by atoms with Gasteiger partial charge in [0.25, 0.3) is 5.08 Å². The molecule has 1 unspecified atom stereocenters. The molecule has 2 aromatic rings. The van der Waals surface area contributed by atoms with Crippen LogP contribution in [0.2, 0.25) is 0 Å². The Morgan fingerprint density at radius 3 is 2.53 bits per heavy atom. The van der Waals surface area contributed by atoms with E-state index in [-0.39, 0.29) is 0 Å². The van der Waals surface area contributed by atoms with Crippen LogP contribution in [0.3, 0.4) is 0 Å². The predicted molar refractivity (Wildman–Crippen MR) is 68.1 cm³/mol. The fourth-order valence-electron chi connectivity index (χ4n) is 1.64. The van der Waals surface area contributed by atoms with Gasteiger partial charge in [0, 0.05) is 0 Å². The average Bonchev–Trinajstić information content (AvgIpc) is 2.71. The van der Waals surface area contributed by atoms with Gasteiger partial charge in [0.15, 0.2) is 0 Å². The summed E-state index contributed by atoms with van der Waals surface area (Å²) in [6, 6.07) is 6.75. The van der Waals surface area contributed by atoms with Gasteiger partial charge in [-0.15, -0.1) is 0 Å². The molecule has 0 amide bonds. The number of hydrogen-bond donors (Lipinski definition) is 5. The van der Waals surface area contributed by atoms with Crippen LogP contribution in [0, 0.1) is 0 Å². The molecule has 5 N–H and O–H groups in total. The lowest BCUT2D eigenvalue weighted by Gasteiger charge is -2.29. The monoisotopic (exact) mass is 306 g/mol. The fraction of sp³-hybridized carbons (Fsp3) is 0.222. The zero-order valence-electron chi connectivity index (χ0n) is 9.53. The molecule has 0 saturated carbocycles. The number of rotatable bonds is 4. The molecule has 1 atom stereocenters. The highest BCUT2D eigenvalue weighted by atomic mass is 31.2. The van der Waals surface area contributed by atoms with Gasteiger partial charge in [-0.3, -0.25) is 4.57 Å². The zero-order chi connectivity index (χ0) is 14.3. The minimum absolute atomic E-state index is 0.520. The molecule has 19 heavy (non-hydrogen) atoms. The molecule has 10 heteroatoms. The Morgan fingerprint density at radius 2 is 1.95 bits per heavy atom. The van der Waals surface area contributed by atoms with Crippen molar-refractivity contribution in [3.05, 3.63) is 30.6 Å². The van der Waals surface area contributed by atoms with Crippen molar-refractivity contribution in [1.29, 1.82) is 0 Å². The zero-order valence-corrected chi connectivity index (χ0v) is 11.3. The number of hydrogen-bond acceptors (Lipinski definition) is 5. The summed E-state index contributed by atoms with van der Waals surface area (Å²) < 4.78 is 12.5. The quantitative estimate of drug-likeness (QED) is 0.507. The molecular weight excluding hydrogens is 294 g/mol. The van der Waals surface area contributed by atoms with E-state index in [0.29, 0.717) is 11.0 Å². The van der Waals surface area contributed by atoms with E-state index in [0.717, 1.165) is 0 Å². The summed E-state index contributed by atoms with van der Waals surface area (Å²) in [5.41, 5.74) is 1.09. The second-order valence-electron chi connectivity index (χ2n) is 3.97. The minimum Gasteiger partial charge on any atom is -0.369 e. The topological polar surface area (TPSA) is 136 Å². The van der Waals surface area contributed by atoms with Gasteiger partial charge in [-0.1, -0.05) is 12.1 Å². The Hall–Kier alpha value is -0.850. The molecule has 0 aliphatic carbocycles. The van der Waals surface area contributed by atoms with E-state index in [1.165, 1.54) is 10.9 Å². The summed E-state index contributed by atoms with van der Waals surface area (Å²) in [4.78, 5) is 40.4. The van der Waals surface area contributed by atoms with Crippen LogP contribution in [-0.2, 0) is 11.1 Å². The number of fused-ring (bicyclic) bond motifs is 1. The number of benzene rings is 1. The summed E-state index contributed by atoms with van der Waals surface area (Å²) in [7, 11) is -8.38. The molecule has 0 aliphatic heterocycles. The highest BCUT2D eigenvalue weighted by Gasteiger charge is 2.52. The summed E-state index contributed by atoms with van der Waals surface area (Å²) >= 11 is 0. The molecule has 0 spiro atoms. The summed E-state index contributed by atoms with van der Waals surface area (Å²) in [6.45, 7) is -0.670. The van der Waals surface area contributed by atoms with Gasteiger partial charge in [-0.05, 0) is 12.1 Å². The molecule has 1 aromatic carbocycles. The van der Waals surface area contributed by atoms with Crippen LogP contribution < -0.4 is 0 Å². The first-order chi connectivity index (χ1) is 8.75. The first-order valence-corrected chi connectivity index (χ1v) is 7.97. The molecular formula is C9H12N2O6P2. The summed E-state index contributed by atoms with van der Waals surface area (Å²) in [5.74, 6) is 0. The second-order valence-corrected chi connectivity index (χ2v) is 7.47. The molecule has 0 aliphatic rings. The molecule has 0 saturated heterocycles. The van der Waals surface area contributed by atoms with E-state index < -0.39 is 27.6 Å². The lowest BCUT2D eigenvalue weighted by molar-refractivity contribution is 0.131. The summed E-state index contributed by atoms with van der Waals surface area (Å²) in [6.07, 6.45) is 1.27. The van der Waals surface area contributed by atoms with Crippen LogP contribution in [0.1, 0.15) is 0 Å². The number of aromatic nitrogens is 2. The SMILES string of the molecule is O=P(O)(O)C(O)(Cn1cnc2ccccc21)P(O)O. The third-order valence-corrected chi connectivity index (χ3v) is 5.87. The molecule has 0 radical (unpaired) electrons. The van der Waals surface area contributed by atoms with Crippen molar-refractivity contribution in [2.75, 3.05) is 0 Å². The lowest BCUT2D eigenvalue weighted by Crippen LogP contribution is -2.31. The molecule has 1 aromatic heterocycles. The molecule has 2 rings (SSSR count). The smallest absolute Gasteiger partial charge is 0.367 e. The van der Waals surface area contributed by atoms with Crippen LogP contribution in [0.25, 0.3) is 11.0 Å². The van der Waals surface area contributed by atoms with Crippen LogP contribution in [0.5, 0.6) is 0 Å². The van der Waals surface area contributed by atoms with Gasteiger partial charge >= 0.3 is 7.60 Å². The average molecular weight is 306 g/mol. The maximum absolute atomic E-state index is 11.3. The van der Waals surface area contributed by atoms with Gasteiger partial charge in [-0.25, -0.2) is 4.98 Å². The lowest BCUT2D eigenvalue weighted by atomic mass is 10.3. The Morgan fingerprint density at radius 1 is 1.32 bits per heavy atom. The van der Waals surface area contributed by atoms with E-state index in [2.05, 4.69) is 4.98 Å². The van der Waals surface area contributed by atoms with Gasteiger partial charge in [0.05, 0.1) is 23.9 Å². The molecule has 8 nitrogen and oxygen atoms in total. The van der Waals surface area contributed by atoms with E-state index in [4.69, 9.17) is 19.6 Å². The van der Waals surface area contributed by atoms with Crippen LogP contribution in [-0.4, -0.2) is 39.3 Å². The molecule has 104 valence electrons. The van der Waals surface area contributed by atoms with Crippen molar-refractivity contribution >= 4 is 27.0 Å². The number of para-hydroxylation sites is 2. The normalized spacial score (nSPS) is 15.9. The first kappa shape index (κ1) is 14.6. The van der Waals surface area contributed by atoms with Gasteiger partial charge < -0.3 is 29.2 Å². The van der Waals surface area contributed by atoms with Crippen molar-refractivity contribution < 1.29 is 29.2 Å². The largest absolute Gasteiger partial charge is 0.369 e. The number of imidazole rings is 1. The van der Waals surface area contributed by atoms with Gasteiger partial charge in [-0.2, -0.15) is 0 Å². The van der Waals surface area contributed by atoms with Crippen molar-refractivity contribution in [2.24, 2.45) is 0 Å². The Kier molecular flexibility index (Phi) is 3.77. The Bertz CT molecular complexity index is 638. The van der Waals surface area contributed by atoms with Crippen LogP contribution >= 0.6 is 16.0 Å². The molecule has 1 heterocycles. The minimum atomic E-state index is -5.13. The predicted octanol–water partition coefficient (Wildman–Crippen LogP) is 0.157. The maximum Gasteiger partial charge on any atom is 0.367 e. The second kappa shape index (κ2) is 4.92. The molecule has 0 bridgehead atoms. The highest BCUT2D eigenvalue weighted by molar-refractivity contribution is 7.69. The van der Waals surface area contributed by atoms with Gasteiger partial charge in [0.1, 0.15) is 0 Å².